The standard InChI is InChI=1S/C17H22O5/c1-16(2)13(17(16,14(18)20-3)15(19)21-4)11-6-5-7-12-10(11)8-9-22-12/h5,7,11,13H,6,8-9H2,1-4H3. The van der Waals surface area contributed by atoms with Crippen molar-refractivity contribution in [1.82, 2.24) is 0 Å². The predicted octanol–water partition coefficient (Wildman–Crippen LogP) is 2.23. The number of hydrogen-bond acceptors (Lipinski definition) is 5. The van der Waals surface area contributed by atoms with Gasteiger partial charge in [-0.15, -0.1) is 0 Å². The molecule has 0 radical (unpaired) electrons. The van der Waals surface area contributed by atoms with Crippen molar-refractivity contribution in [2.75, 3.05) is 20.8 Å². The lowest BCUT2D eigenvalue weighted by molar-refractivity contribution is -0.164. The molecule has 120 valence electrons. The van der Waals surface area contributed by atoms with Gasteiger partial charge in [0.1, 0.15) is 5.76 Å². The number of hydrogen-bond donors (Lipinski definition) is 0. The van der Waals surface area contributed by atoms with Gasteiger partial charge in [-0.2, -0.15) is 0 Å². The van der Waals surface area contributed by atoms with Crippen LogP contribution in [0.25, 0.3) is 0 Å². The fourth-order valence-electron chi connectivity index (χ4n) is 4.60. The quantitative estimate of drug-likeness (QED) is 0.591. The third-order valence-electron chi connectivity index (χ3n) is 5.65. The lowest BCUT2D eigenvalue weighted by Crippen LogP contribution is -2.34. The van der Waals surface area contributed by atoms with Gasteiger partial charge >= 0.3 is 11.9 Å². The van der Waals surface area contributed by atoms with Gasteiger partial charge in [-0.05, 0) is 29.4 Å². The highest BCUT2D eigenvalue weighted by Gasteiger charge is 2.83. The zero-order chi connectivity index (χ0) is 16.1. The first-order valence-corrected chi connectivity index (χ1v) is 7.62. The fourth-order valence-corrected chi connectivity index (χ4v) is 4.60. The number of ether oxygens (including phenoxy) is 3. The lowest BCUT2D eigenvalue weighted by Gasteiger charge is -2.22. The average molecular weight is 306 g/mol. The Bertz CT molecular complexity index is 568. The van der Waals surface area contributed by atoms with E-state index < -0.39 is 22.8 Å². The third-order valence-corrected chi connectivity index (χ3v) is 5.65. The van der Waals surface area contributed by atoms with E-state index in [1.165, 1.54) is 19.8 Å². The molecule has 5 heteroatoms. The van der Waals surface area contributed by atoms with Crippen molar-refractivity contribution in [1.29, 1.82) is 0 Å². The maximum Gasteiger partial charge on any atom is 0.324 e. The Labute approximate surface area is 130 Å². The Morgan fingerprint density at radius 3 is 2.45 bits per heavy atom. The molecule has 5 nitrogen and oxygen atoms in total. The summed E-state index contributed by atoms with van der Waals surface area (Å²) in [5.41, 5.74) is -0.494. The smallest absolute Gasteiger partial charge is 0.324 e. The topological polar surface area (TPSA) is 61.8 Å². The molecule has 3 aliphatic rings. The van der Waals surface area contributed by atoms with Crippen molar-refractivity contribution in [2.45, 2.75) is 26.7 Å². The summed E-state index contributed by atoms with van der Waals surface area (Å²) in [7, 11) is 2.64. The molecule has 1 fully saturated rings. The van der Waals surface area contributed by atoms with Crippen LogP contribution in [-0.2, 0) is 23.8 Å². The molecule has 0 amide bonds. The Morgan fingerprint density at radius 1 is 1.23 bits per heavy atom. The van der Waals surface area contributed by atoms with Crippen LogP contribution in [0.4, 0.5) is 0 Å². The number of rotatable bonds is 3. The van der Waals surface area contributed by atoms with Gasteiger partial charge in [0, 0.05) is 12.3 Å². The van der Waals surface area contributed by atoms with Crippen LogP contribution in [-0.4, -0.2) is 32.8 Å². The van der Waals surface area contributed by atoms with Gasteiger partial charge in [-0.3, -0.25) is 9.59 Å². The number of carbonyl (C=O) groups excluding carboxylic acids is 2. The van der Waals surface area contributed by atoms with E-state index in [9.17, 15) is 9.59 Å². The van der Waals surface area contributed by atoms with Crippen LogP contribution in [0.3, 0.4) is 0 Å². The summed E-state index contributed by atoms with van der Waals surface area (Å²) < 4.78 is 15.6. The molecule has 1 saturated carbocycles. The highest BCUT2D eigenvalue weighted by molar-refractivity contribution is 6.05. The summed E-state index contributed by atoms with van der Waals surface area (Å²) in [6.45, 7) is 4.56. The number of esters is 2. The number of allylic oxidation sites excluding steroid dienone is 2. The summed E-state index contributed by atoms with van der Waals surface area (Å²) in [6.07, 6.45) is 5.72. The van der Waals surface area contributed by atoms with Crippen LogP contribution in [0.2, 0.25) is 0 Å². The van der Waals surface area contributed by atoms with E-state index in [0.717, 1.165) is 18.6 Å². The van der Waals surface area contributed by atoms with Crippen molar-refractivity contribution in [3.05, 3.63) is 23.5 Å². The van der Waals surface area contributed by atoms with E-state index in [1.807, 2.05) is 19.9 Å². The molecule has 1 heterocycles. The van der Waals surface area contributed by atoms with Crippen LogP contribution in [0.5, 0.6) is 0 Å². The third kappa shape index (κ3) is 1.65. The molecule has 0 N–H and O–H groups in total. The molecular formula is C17H22O5. The van der Waals surface area contributed by atoms with E-state index >= 15 is 0 Å². The molecule has 0 bridgehead atoms. The van der Waals surface area contributed by atoms with Gasteiger partial charge in [-0.1, -0.05) is 19.9 Å². The molecule has 1 aliphatic heterocycles. The largest absolute Gasteiger partial charge is 0.493 e. The number of methoxy groups -OCH3 is 2. The van der Waals surface area contributed by atoms with E-state index in [2.05, 4.69) is 6.08 Å². The molecule has 2 unspecified atom stereocenters. The molecule has 0 aromatic rings. The Kier molecular flexibility index (Phi) is 3.34. The van der Waals surface area contributed by atoms with Gasteiger partial charge in [0.25, 0.3) is 0 Å². The zero-order valence-electron chi connectivity index (χ0n) is 13.5. The van der Waals surface area contributed by atoms with Gasteiger partial charge in [-0.25, -0.2) is 0 Å². The Morgan fingerprint density at radius 2 is 1.86 bits per heavy atom. The highest BCUT2D eigenvalue weighted by Crippen LogP contribution is 2.74. The van der Waals surface area contributed by atoms with Crippen LogP contribution >= 0.6 is 0 Å². The first kappa shape index (κ1) is 15.1. The molecule has 0 saturated heterocycles. The second kappa shape index (κ2) is 4.86. The summed E-state index contributed by atoms with van der Waals surface area (Å²) in [4.78, 5) is 24.9. The van der Waals surface area contributed by atoms with E-state index in [1.54, 1.807) is 0 Å². The van der Waals surface area contributed by atoms with Gasteiger partial charge in [0.15, 0.2) is 5.41 Å². The molecule has 2 atom stereocenters. The first-order chi connectivity index (χ1) is 10.4. The van der Waals surface area contributed by atoms with Crippen molar-refractivity contribution in [3.8, 4) is 0 Å². The predicted molar refractivity (Wildman–Crippen MR) is 78.6 cm³/mol. The maximum atomic E-state index is 12.5. The zero-order valence-corrected chi connectivity index (χ0v) is 13.5. The fraction of sp³-hybridized carbons (Fsp3) is 0.647. The minimum Gasteiger partial charge on any atom is -0.493 e. The van der Waals surface area contributed by atoms with Crippen LogP contribution in [0, 0.1) is 22.7 Å². The molecule has 0 aromatic heterocycles. The monoisotopic (exact) mass is 306 g/mol. The maximum absolute atomic E-state index is 12.5. The minimum atomic E-state index is -1.22. The second-order valence-corrected chi connectivity index (χ2v) is 6.72. The summed E-state index contributed by atoms with van der Waals surface area (Å²) in [6, 6.07) is 0. The Hall–Kier alpha value is -1.78. The molecule has 3 rings (SSSR count). The lowest BCUT2D eigenvalue weighted by atomic mass is 9.82. The summed E-state index contributed by atoms with van der Waals surface area (Å²) >= 11 is 0. The van der Waals surface area contributed by atoms with Crippen molar-refractivity contribution < 1.29 is 23.8 Å². The number of carbonyl (C=O) groups is 2. The van der Waals surface area contributed by atoms with Crippen molar-refractivity contribution in [2.24, 2.45) is 22.7 Å². The van der Waals surface area contributed by atoms with E-state index in [-0.39, 0.29) is 11.8 Å². The van der Waals surface area contributed by atoms with E-state index in [4.69, 9.17) is 14.2 Å². The van der Waals surface area contributed by atoms with Crippen molar-refractivity contribution >= 4 is 11.9 Å². The average Bonchev–Trinajstić information content (AvgIpc) is 2.85. The molecule has 0 spiro atoms. The molecule has 0 aromatic carbocycles. The minimum absolute atomic E-state index is 0.121. The van der Waals surface area contributed by atoms with Gasteiger partial charge in [0.05, 0.1) is 20.8 Å². The van der Waals surface area contributed by atoms with Crippen LogP contribution in [0.1, 0.15) is 26.7 Å². The highest BCUT2D eigenvalue weighted by atomic mass is 16.5. The van der Waals surface area contributed by atoms with Gasteiger partial charge in [0.2, 0.25) is 0 Å². The Balaban J connectivity index is 2.02. The second-order valence-electron chi connectivity index (χ2n) is 6.72. The normalized spacial score (nSPS) is 30.4. The SMILES string of the molecule is COC(=O)C1(C(=O)OC)C(C2CC=CC3=C2CCO3)C1(C)C. The first-order valence-electron chi connectivity index (χ1n) is 7.62. The molecule has 22 heavy (non-hydrogen) atoms. The summed E-state index contributed by atoms with van der Waals surface area (Å²) in [5, 5.41) is 0. The van der Waals surface area contributed by atoms with Gasteiger partial charge < -0.3 is 14.2 Å². The molecular weight excluding hydrogens is 284 g/mol. The van der Waals surface area contributed by atoms with Crippen LogP contribution in [0.15, 0.2) is 23.5 Å². The van der Waals surface area contributed by atoms with Crippen molar-refractivity contribution in [3.63, 3.8) is 0 Å². The van der Waals surface area contributed by atoms with Crippen LogP contribution < -0.4 is 0 Å². The molecule has 2 aliphatic carbocycles. The summed E-state index contributed by atoms with van der Waals surface area (Å²) in [5.74, 6) is -0.0928. The van der Waals surface area contributed by atoms with E-state index in [0.29, 0.717) is 6.61 Å².